The van der Waals surface area contributed by atoms with Gasteiger partial charge in [-0.3, -0.25) is 14.9 Å². The first-order chi connectivity index (χ1) is 14.3. The molecule has 1 N–H and O–H groups in total. The number of nitro groups is 1. The highest BCUT2D eigenvalue weighted by atomic mass is 16.6. The second-order valence-electron chi connectivity index (χ2n) is 7.90. The largest absolute Gasteiger partial charge is 0.449 e. The van der Waals surface area contributed by atoms with Gasteiger partial charge in [0.2, 0.25) is 5.76 Å². The summed E-state index contributed by atoms with van der Waals surface area (Å²) in [5.74, 6) is 0.191. The lowest BCUT2D eigenvalue weighted by Gasteiger charge is -2.35. The zero-order valence-electron chi connectivity index (χ0n) is 17.3. The van der Waals surface area contributed by atoms with E-state index in [1.807, 2.05) is 0 Å². The average Bonchev–Trinajstić information content (AvgIpc) is 3.22. The maximum absolute atomic E-state index is 12.5. The molecule has 1 fully saturated rings. The highest BCUT2D eigenvalue weighted by Gasteiger charge is 2.30. The van der Waals surface area contributed by atoms with Gasteiger partial charge in [-0.25, -0.2) is 4.79 Å². The maximum atomic E-state index is 12.5. The van der Waals surface area contributed by atoms with E-state index in [0.29, 0.717) is 23.2 Å². The van der Waals surface area contributed by atoms with Gasteiger partial charge in [0, 0.05) is 23.7 Å². The third kappa shape index (κ3) is 4.87. The van der Waals surface area contributed by atoms with Crippen molar-refractivity contribution in [1.82, 2.24) is 5.32 Å². The number of amides is 1. The molecule has 1 aromatic heterocycles. The Bertz CT molecular complexity index is 920. The topological polar surface area (TPSA) is 112 Å². The van der Waals surface area contributed by atoms with E-state index in [-0.39, 0.29) is 23.4 Å². The Balaban J connectivity index is 1.59. The summed E-state index contributed by atoms with van der Waals surface area (Å²) in [5.41, 5.74) is 0.553. The standard InChI is InChI=1S/C22H26N2O6/c1-13-5-4-6-18(14(13)2)23-21(25)15(3)29-22(26)20-12-11-19(30-20)16-7-9-17(10-8-16)24(27)28/h7-15,18H,4-6H2,1-3H3,(H,23,25)/t13-,14-,15+,18-/m1/s1. The molecule has 2 aromatic rings. The number of furan rings is 1. The number of carbonyl (C=O) groups excluding carboxylic acids is 2. The zero-order chi connectivity index (χ0) is 21.8. The van der Waals surface area contributed by atoms with E-state index < -0.39 is 17.0 Å². The molecule has 0 unspecified atom stereocenters. The fourth-order valence-corrected chi connectivity index (χ4v) is 3.71. The lowest BCUT2D eigenvalue weighted by atomic mass is 9.78. The van der Waals surface area contributed by atoms with Crippen molar-refractivity contribution >= 4 is 17.6 Å². The highest BCUT2D eigenvalue weighted by Crippen LogP contribution is 2.29. The Morgan fingerprint density at radius 2 is 1.87 bits per heavy atom. The van der Waals surface area contributed by atoms with Crippen molar-refractivity contribution in [2.24, 2.45) is 11.8 Å². The number of nitrogens with zero attached hydrogens (tertiary/aromatic N) is 1. The van der Waals surface area contributed by atoms with Gasteiger partial charge in [-0.2, -0.15) is 0 Å². The molecule has 1 saturated carbocycles. The van der Waals surface area contributed by atoms with Gasteiger partial charge in [0.1, 0.15) is 5.76 Å². The van der Waals surface area contributed by atoms with Crippen LogP contribution in [-0.2, 0) is 9.53 Å². The molecular weight excluding hydrogens is 388 g/mol. The number of nitrogens with one attached hydrogen (secondary N) is 1. The second-order valence-corrected chi connectivity index (χ2v) is 7.90. The van der Waals surface area contributed by atoms with Gasteiger partial charge in [0.05, 0.1) is 4.92 Å². The summed E-state index contributed by atoms with van der Waals surface area (Å²) < 4.78 is 10.8. The van der Waals surface area contributed by atoms with Gasteiger partial charge in [0.15, 0.2) is 6.10 Å². The van der Waals surface area contributed by atoms with Crippen LogP contribution in [0, 0.1) is 22.0 Å². The number of hydrogen-bond donors (Lipinski definition) is 1. The molecule has 8 heteroatoms. The summed E-state index contributed by atoms with van der Waals surface area (Å²) in [5, 5.41) is 13.7. The predicted molar refractivity (Wildman–Crippen MR) is 110 cm³/mol. The minimum Gasteiger partial charge on any atom is -0.449 e. The Labute approximate surface area is 174 Å². The van der Waals surface area contributed by atoms with E-state index in [4.69, 9.17) is 9.15 Å². The van der Waals surface area contributed by atoms with Crippen LogP contribution in [0.1, 0.15) is 50.6 Å². The van der Waals surface area contributed by atoms with Crippen molar-refractivity contribution in [2.75, 3.05) is 0 Å². The number of hydrogen-bond acceptors (Lipinski definition) is 6. The van der Waals surface area contributed by atoms with Crippen molar-refractivity contribution in [2.45, 2.75) is 52.2 Å². The Hall–Kier alpha value is -3.16. The zero-order valence-corrected chi connectivity index (χ0v) is 17.3. The van der Waals surface area contributed by atoms with E-state index >= 15 is 0 Å². The predicted octanol–water partition coefficient (Wildman–Crippen LogP) is 4.34. The van der Waals surface area contributed by atoms with Crippen LogP contribution in [0.4, 0.5) is 5.69 Å². The van der Waals surface area contributed by atoms with Crippen LogP contribution >= 0.6 is 0 Å². The fourth-order valence-electron chi connectivity index (χ4n) is 3.71. The number of esters is 1. The van der Waals surface area contributed by atoms with Gasteiger partial charge >= 0.3 is 5.97 Å². The normalized spacial score (nSPS) is 22.2. The number of rotatable bonds is 6. The van der Waals surface area contributed by atoms with Gasteiger partial charge in [-0.1, -0.05) is 26.7 Å². The molecule has 1 heterocycles. The number of ether oxygens (including phenoxy) is 1. The molecule has 1 aromatic carbocycles. The number of carbonyl (C=O) groups is 2. The lowest BCUT2D eigenvalue weighted by molar-refractivity contribution is -0.384. The summed E-state index contributed by atoms with van der Waals surface area (Å²) >= 11 is 0. The van der Waals surface area contributed by atoms with Crippen molar-refractivity contribution in [3.63, 3.8) is 0 Å². The van der Waals surface area contributed by atoms with Gasteiger partial charge < -0.3 is 14.5 Å². The first kappa shape index (κ1) is 21.5. The molecule has 1 aliphatic rings. The van der Waals surface area contributed by atoms with E-state index in [1.165, 1.54) is 37.3 Å². The number of nitro benzene ring substituents is 1. The van der Waals surface area contributed by atoms with Crippen molar-refractivity contribution in [1.29, 1.82) is 0 Å². The molecule has 0 bridgehead atoms. The fraction of sp³-hybridized carbons (Fsp3) is 0.455. The molecule has 0 radical (unpaired) electrons. The first-order valence-electron chi connectivity index (χ1n) is 10.1. The highest BCUT2D eigenvalue weighted by molar-refractivity contribution is 5.90. The molecule has 1 amide bonds. The minimum atomic E-state index is -0.949. The van der Waals surface area contributed by atoms with Crippen LogP contribution in [0.3, 0.4) is 0 Å². The molecule has 160 valence electrons. The quantitative estimate of drug-likeness (QED) is 0.427. The Morgan fingerprint density at radius 1 is 1.17 bits per heavy atom. The van der Waals surface area contributed by atoms with Gasteiger partial charge in [-0.05, 0) is 49.4 Å². The third-order valence-corrected chi connectivity index (χ3v) is 5.86. The van der Waals surface area contributed by atoms with Crippen molar-refractivity contribution < 1.29 is 23.7 Å². The van der Waals surface area contributed by atoms with Crippen LogP contribution in [0.2, 0.25) is 0 Å². The summed E-state index contributed by atoms with van der Waals surface area (Å²) in [6.07, 6.45) is 2.21. The molecule has 0 saturated heterocycles. The smallest absolute Gasteiger partial charge is 0.375 e. The van der Waals surface area contributed by atoms with Crippen LogP contribution in [0.15, 0.2) is 40.8 Å². The Kier molecular flexibility index (Phi) is 6.54. The summed E-state index contributed by atoms with van der Waals surface area (Å²) in [6, 6.07) is 8.90. The minimum absolute atomic E-state index is 0.0357. The van der Waals surface area contributed by atoms with Crippen LogP contribution in [0.5, 0.6) is 0 Å². The van der Waals surface area contributed by atoms with Crippen molar-refractivity contribution in [3.8, 4) is 11.3 Å². The number of non-ortho nitro benzene ring substituents is 1. The Morgan fingerprint density at radius 3 is 2.53 bits per heavy atom. The molecule has 8 nitrogen and oxygen atoms in total. The van der Waals surface area contributed by atoms with Crippen LogP contribution in [0.25, 0.3) is 11.3 Å². The molecule has 3 rings (SSSR count). The lowest BCUT2D eigenvalue weighted by Crippen LogP contribution is -2.47. The molecule has 30 heavy (non-hydrogen) atoms. The molecule has 0 aliphatic heterocycles. The molecule has 4 atom stereocenters. The summed E-state index contributed by atoms with van der Waals surface area (Å²) in [7, 11) is 0. The molecule has 1 aliphatic carbocycles. The van der Waals surface area contributed by atoms with E-state index in [9.17, 15) is 19.7 Å². The van der Waals surface area contributed by atoms with E-state index in [2.05, 4.69) is 19.2 Å². The second kappa shape index (κ2) is 9.11. The van der Waals surface area contributed by atoms with Gasteiger partial charge in [-0.15, -0.1) is 0 Å². The number of benzene rings is 1. The summed E-state index contributed by atoms with van der Waals surface area (Å²) in [4.78, 5) is 35.1. The third-order valence-electron chi connectivity index (χ3n) is 5.86. The van der Waals surface area contributed by atoms with Crippen LogP contribution < -0.4 is 5.32 Å². The molecule has 0 spiro atoms. The van der Waals surface area contributed by atoms with E-state index in [1.54, 1.807) is 6.07 Å². The molecular formula is C22H26N2O6. The van der Waals surface area contributed by atoms with Crippen LogP contribution in [-0.4, -0.2) is 28.9 Å². The summed E-state index contributed by atoms with van der Waals surface area (Å²) in [6.45, 7) is 5.85. The van der Waals surface area contributed by atoms with Gasteiger partial charge in [0.25, 0.3) is 11.6 Å². The SMILES string of the molecule is C[C@@H]1[C@H](C)CCC[C@H]1NC(=O)[C@H](C)OC(=O)c1ccc(-c2ccc([N+](=O)[O-])cc2)o1. The monoisotopic (exact) mass is 414 g/mol. The average molecular weight is 414 g/mol. The first-order valence-corrected chi connectivity index (χ1v) is 10.1. The van der Waals surface area contributed by atoms with E-state index in [0.717, 1.165) is 19.3 Å². The maximum Gasteiger partial charge on any atom is 0.375 e. The van der Waals surface area contributed by atoms with Crippen molar-refractivity contribution in [3.05, 3.63) is 52.3 Å².